The number of carbonyl (C=O) groups excluding carboxylic acids is 1. The van der Waals surface area contributed by atoms with E-state index in [1.54, 1.807) is 31.4 Å². The summed E-state index contributed by atoms with van der Waals surface area (Å²) < 4.78 is 16.4. The molecule has 0 radical (unpaired) electrons. The van der Waals surface area contributed by atoms with Crippen LogP contribution < -0.4 is 14.8 Å². The van der Waals surface area contributed by atoms with Crippen LogP contribution in [-0.4, -0.2) is 23.2 Å². The summed E-state index contributed by atoms with van der Waals surface area (Å²) in [5, 5.41) is 6.85. The molecule has 0 aliphatic carbocycles. The van der Waals surface area contributed by atoms with Crippen molar-refractivity contribution in [1.29, 1.82) is 0 Å². The van der Waals surface area contributed by atoms with E-state index in [-0.39, 0.29) is 18.4 Å². The predicted octanol–water partition coefficient (Wildman–Crippen LogP) is 4.58. The van der Waals surface area contributed by atoms with Crippen LogP contribution in [-0.2, 0) is 6.61 Å². The van der Waals surface area contributed by atoms with Crippen LogP contribution in [0.25, 0.3) is 11.4 Å². The molecule has 0 saturated heterocycles. The van der Waals surface area contributed by atoms with Gasteiger partial charge in [0, 0.05) is 5.69 Å². The molecular weight excluding hydrogens is 382 g/mol. The van der Waals surface area contributed by atoms with Gasteiger partial charge in [0.05, 0.1) is 18.2 Å². The summed E-state index contributed by atoms with van der Waals surface area (Å²) in [5.41, 5.74) is 1.83. The molecule has 30 heavy (non-hydrogen) atoms. The van der Waals surface area contributed by atoms with E-state index >= 15 is 0 Å². The van der Waals surface area contributed by atoms with Crippen LogP contribution in [0.2, 0.25) is 0 Å². The fraction of sp³-hybridized carbons (Fsp3) is 0.0870. The van der Waals surface area contributed by atoms with Gasteiger partial charge in [-0.3, -0.25) is 4.79 Å². The minimum atomic E-state index is -0.267. The van der Waals surface area contributed by atoms with Gasteiger partial charge in [-0.1, -0.05) is 47.6 Å². The molecule has 1 aromatic heterocycles. The number of amides is 1. The molecule has 1 N–H and O–H groups in total. The molecule has 1 heterocycles. The third-order valence-corrected chi connectivity index (χ3v) is 4.33. The molecule has 0 atom stereocenters. The Morgan fingerprint density at radius 2 is 1.63 bits per heavy atom. The van der Waals surface area contributed by atoms with Crippen molar-refractivity contribution in [1.82, 2.24) is 10.1 Å². The van der Waals surface area contributed by atoms with E-state index in [0.717, 1.165) is 5.56 Å². The number of rotatable bonds is 7. The van der Waals surface area contributed by atoms with Crippen molar-refractivity contribution >= 4 is 11.6 Å². The van der Waals surface area contributed by atoms with Gasteiger partial charge in [0.2, 0.25) is 5.82 Å². The van der Waals surface area contributed by atoms with Crippen LogP contribution in [0.1, 0.15) is 16.2 Å². The molecule has 0 saturated carbocycles. The molecular formula is C23H19N3O4. The van der Waals surface area contributed by atoms with Crippen molar-refractivity contribution in [3.8, 4) is 22.9 Å². The molecule has 0 unspecified atom stereocenters. The molecule has 7 nitrogen and oxygen atoms in total. The van der Waals surface area contributed by atoms with Crippen molar-refractivity contribution in [3.63, 3.8) is 0 Å². The summed E-state index contributed by atoms with van der Waals surface area (Å²) in [6.07, 6.45) is 0. The number of benzene rings is 3. The normalized spacial score (nSPS) is 10.4. The number of hydrogen-bond acceptors (Lipinski definition) is 6. The molecule has 150 valence electrons. The van der Waals surface area contributed by atoms with Gasteiger partial charge in [0.25, 0.3) is 11.8 Å². The summed E-state index contributed by atoms with van der Waals surface area (Å²) in [5.74, 6) is 1.49. The maximum Gasteiger partial charge on any atom is 0.264 e. The van der Waals surface area contributed by atoms with Gasteiger partial charge in [-0.2, -0.15) is 4.98 Å². The zero-order valence-electron chi connectivity index (χ0n) is 16.2. The van der Waals surface area contributed by atoms with Gasteiger partial charge in [-0.25, -0.2) is 0 Å². The highest BCUT2D eigenvalue weighted by atomic mass is 16.5. The molecule has 0 spiro atoms. The number of para-hydroxylation sites is 3. The number of carbonyl (C=O) groups is 1. The Kier molecular flexibility index (Phi) is 5.70. The Balaban J connectivity index is 1.47. The highest BCUT2D eigenvalue weighted by molar-refractivity contribution is 6.06. The second-order valence-electron chi connectivity index (χ2n) is 6.32. The lowest BCUT2D eigenvalue weighted by molar-refractivity contribution is 0.102. The SMILES string of the molecule is COc1ccccc1-c1noc(COc2ccccc2C(=O)Nc2ccccc2)n1. The smallest absolute Gasteiger partial charge is 0.264 e. The van der Waals surface area contributed by atoms with Crippen molar-refractivity contribution in [2.45, 2.75) is 6.61 Å². The highest BCUT2D eigenvalue weighted by Gasteiger charge is 2.16. The molecule has 3 aromatic carbocycles. The Morgan fingerprint density at radius 1 is 0.933 bits per heavy atom. The second-order valence-corrected chi connectivity index (χ2v) is 6.32. The first-order chi connectivity index (χ1) is 14.7. The Hall–Kier alpha value is -4.13. The first-order valence-corrected chi connectivity index (χ1v) is 9.29. The Labute approximate surface area is 173 Å². The lowest BCUT2D eigenvalue weighted by Gasteiger charge is -2.10. The van der Waals surface area contributed by atoms with Gasteiger partial charge in [0.1, 0.15) is 11.5 Å². The number of aromatic nitrogens is 2. The number of hydrogen-bond donors (Lipinski definition) is 1. The van der Waals surface area contributed by atoms with Crippen LogP contribution in [0, 0.1) is 0 Å². The Morgan fingerprint density at radius 3 is 2.43 bits per heavy atom. The average Bonchev–Trinajstić information content (AvgIpc) is 3.27. The number of anilines is 1. The van der Waals surface area contributed by atoms with Crippen LogP contribution in [0.3, 0.4) is 0 Å². The molecule has 1 amide bonds. The van der Waals surface area contributed by atoms with Crippen molar-refractivity contribution in [2.75, 3.05) is 12.4 Å². The van der Waals surface area contributed by atoms with Gasteiger partial charge in [0.15, 0.2) is 6.61 Å². The van der Waals surface area contributed by atoms with E-state index in [2.05, 4.69) is 15.5 Å². The molecule has 0 bridgehead atoms. The van der Waals surface area contributed by atoms with E-state index in [0.29, 0.717) is 28.6 Å². The van der Waals surface area contributed by atoms with Gasteiger partial charge >= 0.3 is 0 Å². The number of ether oxygens (including phenoxy) is 2. The van der Waals surface area contributed by atoms with Crippen molar-refractivity contribution in [3.05, 3.63) is 90.3 Å². The molecule has 4 rings (SSSR count). The minimum Gasteiger partial charge on any atom is -0.496 e. The first-order valence-electron chi connectivity index (χ1n) is 9.29. The van der Waals surface area contributed by atoms with Crippen LogP contribution in [0.15, 0.2) is 83.4 Å². The van der Waals surface area contributed by atoms with E-state index in [1.807, 2.05) is 54.6 Å². The molecule has 4 aromatic rings. The Bertz CT molecular complexity index is 1140. The van der Waals surface area contributed by atoms with Crippen LogP contribution >= 0.6 is 0 Å². The molecule has 7 heteroatoms. The summed E-state index contributed by atoms with van der Waals surface area (Å²) in [6, 6.07) is 23.6. The quantitative estimate of drug-likeness (QED) is 0.488. The summed E-state index contributed by atoms with van der Waals surface area (Å²) in [4.78, 5) is 17.0. The highest BCUT2D eigenvalue weighted by Crippen LogP contribution is 2.27. The second kappa shape index (κ2) is 8.91. The molecule has 0 fully saturated rings. The molecule has 0 aliphatic heterocycles. The summed E-state index contributed by atoms with van der Waals surface area (Å²) >= 11 is 0. The fourth-order valence-electron chi connectivity index (χ4n) is 2.89. The third kappa shape index (κ3) is 4.30. The summed E-state index contributed by atoms with van der Waals surface area (Å²) in [6.45, 7) is 0.0256. The third-order valence-electron chi connectivity index (χ3n) is 4.33. The van der Waals surface area contributed by atoms with E-state index < -0.39 is 0 Å². The monoisotopic (exact) mass is 401 g/mol. The van der Waals surface area contributed by atoms with Gasteiger partial charge < -0.3 is 19.3 Å². The van der Waals surface area contributed by atoms with E-state index in [9.17, 15) is 4.79 Å². The fourth-order valence-corrected chi connectivity index (χ4v) is 2.89. The van der Waals surface area contributed by atoms with Crippen molar-refractivity contribution < 1.29 is 18.8 Å². The average molecular weight is 401 g/mol. The maximum atomic E-state index is 12.6. The lowest BCUT2D eigenvalue weighted by Crippen LogP contribution is -2.13. The number of nitrogens with zero attached hydrogens (tertiary/aromatic N) is 2. The zero-order valence-corrected chi connectivity index (χ0v) is 16.2. The predicted molar refractivity (Wildman–Crippen MR) is 111 cm³/mol. The maximum absolute atomic E-state index is 12.6. The van der Waals surface area contributed by atoms with Crippen molar-refractivity contribution in [2.24, 2.45) is 0 Å². The number of nitrogens with one attached hydrogen (secondary N) is 1. The lowest BCUT2D eigenvalue weighted by atomic mass is 10.2. The van der Waals surface area contributed by atoms with Crippen LogP contribution in [0.4, 0.5) is 5.69 Å². The molecule has 0 aliphatic rings. The van der Waals surface area contributed by atoms with Gasteiger partial charge in [-0.05, 0) is 36.4 Å². The number of methoxy groups -OCH3 is 1. The summed E-state index contributed by atoms with van der Waals surface area (Å²) in [7, 11) is 1.58. The largest absolute Gasteiger partial charge is 0.496 e. The topological polar surface area (TPSA) is 86.5 Å². The first kappa shape index (κ1) is 19.2. The zero-order chi connectivity index (χ0) is 20.8. The van der Waals surface area contributed by atoms with Crippen LogP contribution in [0.5, 0.6) is 11.5 Å². The standard InChI is InChI=1S/C23H19N3O4/c1-28-19-13-7-5-11-17(19)22-25-21(30-26-22)15-29-20-14-8-6-12-18(20)23(27)24-16-9-3-2-4-10-16/h2-14H,15H2,1H3,(H,24,27). The van der Waals surface area contributed by atoms with E-state index in [4.69, 9.17) is 14.0 Å². The minimum absolute atomic E-state index is 0.0256. The van der Waals surface area contributed by atoms with E-state index in [1.165, 1.54) is 0 Å². The van der Waals surface area contributed by atoms with Gasteiger partial charge in [-0.15, -0.1) is 0 Å².